The lowest BCUT2D eigenvalue weighted by Gasteiger charge is -2.61. The van der Waals surface area contributed by atoms with Crippen molar-refractivity contribution in [2.45, 2.75) is 44.6 Å². The second-order valence-electron chi connectivity index (χ2n) is 8.14. The molecule has 3 fully saturated rings. The van der Waals surface area contributed by atoms with E-state index in [1.807, 2.05) is 0 Å². The largest absolute Gasteiger partial charge is 0.458 e. The number of ether oxygens (including phenoxy) is 1. The van der Waals surface area contributed by atoms with E-state index in [1.165, 1.54) is 0 Å². The maximum Gasteiger partial charge on any atom is 0.338 e. The fourth-order valence-corrected chi connectivity index (χ4v) is 5.16. The van der Waals surface area contributed by atoms with Crippen molar-refractivity contribution < 1.29 is 22.9 Å². The average molecular weight is 381 g/mol. The molecule has 4 atom stereocenters. The molecule has 7 nitrogen and oxygen atoms in total. The molecule has 0 spiro atoms. The van der Waals surface area contributed by atoms with Crippen LogP contribution >= 0.6 is 0 Å². The van der Waals surface area contributed by atoms with Gasteiger partial charge in [0.25, 0.3) is 5.69 Å². The molecule has 3 aliphatic carbocycles. The molecule has 8 heteroatoms. The Morgan fingerprint density at radius 1 is 1.27 bits per heavy atom. The van der Waals surface area contributed by atoms with E-state index in [9.17, 15) is 23.3 Å². The summed E-state index contributed by atoms with van der Waals surface area (Å²) in [6, 6.07) is 3.16. The Kier molecular flexibility index (Phi) is 4.37. The van der Waals surface area contributed by atoms with E-state index in [4.69, 9.17) is 4.74 Å². The first-order valence-electron chi connectivity index (χ1n) is 8.61. The van der Waals surface area contributed by atoms with Gasteiger partial charge in [-0.05, 0) is 42.1 Å². The number of rotatable bonds is 4. The highest BCUT2D eigenvalue weighted by Crippen LogP contribution is 2.61. The summed E-state index contributed by atoms with van der Waals surface area (Å²) < 4.78 is 29.2. The van der Waals surface area contributed by atoms with Crippen LogP contribution in [0.3, 0.4) is 0 Å². The quantitative estimate of drug-likeness (QED) is 0.451. The third kappa shape index (κ3) is 3.11. The fraction of sp³-hybridized carbons (Fsp3) is 0.611. The van der Waals surface area contributed by atoms with Gasteiger partial charge >= 0.3 is 5.97 Å². The zero-order chi connectivity index (χ0) is 19.4. The van der Waals surface area contributed by atoms with Crippen molar-refractivity contribution in [1.29, 1.82) is 0 Å². The van der Waals surface area contributed by atoms with Crippen LogP contribution in [0.1, 0.15) is 44.0 Å². The van der Waals surface area contributed by atoms with Gasteiger partial charge in [-0.15, -0.1) is 0 Å². The van der Waals surface area contributed by atoms with Gasteiger partial charge in [-0.3, -0.25) is 10.1 Å². The van der Waals surface area contributed by atoms with Crippen molar-refractivity contribution in [1.82, 2.24) is 0 Å². The highest BCUT2D eigenvalue weighted by molar-refractivity contribution is 7.90. The molecule has 0 saturated heterocycles. The molecule has 0 heterocycles. The van der Waals surface area contributed by atoms with Crippen LogP contribution in [-0.4, -0.2) is 31.7 Å². The Hall–Kier alpha value is -1.96. The lowest BCUT2D eigenvalue weighted by Crippen LogP contribution is -2.57. The first kappa shape index (κ1) is 18.8. The first-order chi connectivity index (χ1) is 11.9. The number of sulfone groups is 1. The molecule has 0 N–H and O–H groups in total. The molecule has 0 amide bonds. The first-order valence-corrected chi connectivity index (χ1v) is 10.5. The molecular weight excluding hydrogens is 358 g/mol. The minimum absolute atomic E-state index is 0.106. The standard InChI is InChI=1S/C18H23NO6S/c1-10-15-7-12(18(15,2)3)8-16(10)25-17(20)11-5-13(19(21)22)9-14(6-11)26(4,23)24/h5-6,9-10,12,15-16H,7-8H2,1-4H3. The molecular formula is C18H23NO6S. The second kappa shape index (κ2) is 6.04. The summed E-state index contributed by atoms with van der Waals surface area (Å²) >= 11 is 0. The normalized spacial score (nSPS) is 29.5. The van der Waals surface area contributed by atoms with E-state index >= 15 is 0 Å². The Bertz CT molecular complexity index is 876. The lowest BCUT2D eigenvalue weighted by molar-refractivity contribution is -0.385. The van der Waals surface area contributed by atoms with Gasteiger partial charge in [-0.2, -0.15) is 0 Å². The summed E-state index contributed by atoms with van der Waals surface area (Å²) in [6.45, 7) is 6.54. The molecule has 26 heavy (non-hydrogen) atoms. The summed E-state index contributed by atoms with van der Waals surface area (Å²) in [7, 11) is -3.69. The number of nitro groups is 1. The van der Waals surface area contributed by atoms with Gasteiger partial charge in [0.15, 0.2) is 9.84 Å². The van der Waals surface area contributed by atoms with E-state index in [-0.39, 0.29) is 27.9 Å². The Labute approximate surface area is 152 Å². The number of benzene rings is 1. The van der Waals surface area contributed by atoms with Crippen molar-refractivity contribution >= 4 is 21.5 Å². The highest BCUT2D eigenvalue weighted by atomic mass is 32.2. The maximum absolute atomic E-state index is 12.6. The van der Waals surface area contributed by atoms with Crippen LogP contribution in [0.2, 0.25) is 0 Å². The van der Waals surface area contributed by atoms with E-state index in [1.54, 1.807) is 0 Å². The Morgan fingerprint density at radius 3 is 2.42 bits per heavy atom. The monoisotopic (exact) mass is 381 g/mol. The van der Waals surface area contributed by atoms with E-state index < -0.39 is 26.4 Å². The number of nitrogens with zero attached hydrogens (tertiary/aromatic N) is 1. The summed E-state index contributed by atoms with van der Waals surface area (Å²) in [5, 5.41) is 11.1. The predicted molar refractivity (Wildman–Crippen MR) is 94.6 cm³/mol. The van der Waals surface area contributed by atoms with Crippen LogP contribution in [0.4, 0.5) is 5.69 Å². The summed E-state index contributed by atoms with van der Waals surface area (Å²) in [5.41, 5.74) is -0.303. The predicted octanol–water partition coefficient (Wildman–Crippen LogP) is 3.23. The topological polar surface area (TPSA) is 104 Å². The number of non-ortho nitro benzene ring substituents is 1. The molecule has 4 unspecified atom stereocenters. The lowest BCUT2D eigenvalue weighted by atomic mass is 9.45. The minimum atomic E-state index is -3.69. The van der Waals surface area contributed by atoms with E-state index in [2.05, 4.69) is 20.8 Å². The number of hydrogen-bond acceptors (Lipinski definition) is 6. The van der Waals surface area contributed by atoms with E-state index in [0.717, 1.165) is 37.3 Å². The van der Waals surface area contributed by atoms with E-state index in [0.29, 0.717) is 11.8 Å². The Morgan fingerprint density at radius 2 is 1.92 bits per heavy atom. The molecule has 0 radical (unpaired) electrons. The summed E-state index contributed by atoms with van der Waals surface area (Å²) in [4.78, 5) is 22.7. The molecule has 3 aliphatic rings. The number of carbonyl (C=O) groups excluding carboxylic acids is 1. The highest BCUT2D eigenvalue weighted by Gasteiger charge is 2.57. The zero-order valence-corrected chi connectivity index (χ0v) is 16.1. The van der Waals surface area contributed by atoms with Gasteiger partial charge in [0, 0.05) is 18.4 Å². The average Bonchev–Trinajstić information content (AvgIpc) is 2.54. The second-order valence-corrected chi connectivity index (χ2v) is 10.2. The number of fused-ring (bicyclic) bond motifs is 2. The van der Waals surface area contributed by atoms with Crippen molar-refractivity contribution in [3.63, 3.8) is 0 Å². The minimum Gasteiger partial charge on any atom is -0.458 e. The number of hydrogen-bond donors (Lipinski definition) is 0. The molecule has 1 aromatic rings. The van der Waals surface area contributed by atoms with Crippen molar-refractivity contribution in [2.24, 2.45) is 23.2 Å². The van der Waals surface area contributed by atoms with Gasteiger partial charge in [0.1, 0.15) is 6.10 Å². The summed E-state index contributed by atoms with van der Waals surface area (Å²) in [5.74, 6) is 0.468. The number of carbonyl (C=O) groups is 1. The smallest absolute Gasteiger partial charge is 0.338 e. The molecule has 0 aliphatic heterocycles. The van der Waals surface area contributed by atoms with Crippen molar-refractivity contribution in [3.8, 4) is 0 Å². The van der Waals surface area contributed by atoms with Gasteiger partial charge in [0.05, 0.1) is 15.4 Å². The molecule has 142 valence electrons. The van der Waals surface area contributed by atoms with Crippen LogP contribution < -0.4 is 0 Å². The van der Waals surface area contributed by atoms with Crippen LogP contribution in [0.25, 0.3) is 0 Å². The van der Waals surface area contributed by atoms with Crippen LogP contribution in [0.15, 0.2) is 23.1 Å². The number of nitro benzene ring substituents is 1. The van der Waals surface area contributed by atoms with Gasteiger partial charge in [-0.25, -0.2) is 13.2 Å². The zero-order valence-electron chi connectivity index (χ0n) is 15.3. The number of esters is 1. The molecule has 2 bridgehead atoms. The van der Waals surface area contributed by atoms with Crippen LogP contribution in [0, 0.1) is 33.3 Å². The Balaban J connectivity index is 1.84. The van der Waals surface area contributed by atoms with Crippen molar-refractivity contribution in [2.75, 3.05) is 6.26 Å². The third-order valence-corrected chi connectivity index (χ3v) is 7.40. The van der Waals surface area contributed by atoms with Gasteiger partial charge in [0.2, 0.25) is 0 Å². The summed E-state index contributed by atoms with van der Waals surface area (Å²) in [6.07, 6.45) is 2.60. The van der Waals surface area contributed by atoms with Gasteiger partial charge in [-0.1, -0.05) is 20.8 Å². The maximum atomic E-state index is 12.6. The van der Waals surface area contributed by atoms with Crippen molar-refractivity contribution in [3.05, 3.63) is 33.9 Å². The SMILES string of the molecule is CC1C(OC(=O)c2cc([N+](=O)[O-])cc(S(C)(=O)=O)c2)CC2CC1C2(C)C. The molecule has 3 saturated carbocycles. The molecule has 4 rings (SSSR count). The molecule has 1 aromatic carbocycles. The fourth-order valence-electron chi connectivity index (χ4n) is 4.48. The van der Waals surface area contributed by atoms with Crippen LogP contribution in [0.5, 0.6) is 0 Å². The van der Waals surface area contributed by atoms with Gasteiger partial charge < -0.3 is 4.74 Å². The molecule has 0 aromatic heterocycles. The van der Waals surface area contributed by atoms with Crippen LogP contribution in [-0.2, 0) is 14.6 Å². The third-order valence-electron chi connectivity index (χ3n) is 6.31.